The fourth-order valence-electron chi connectivity index (χ4n) is 1.77. The second-order valence-corrected chi connectivity index (χ2v) is 5.78. The maximum atomic E-state index is 13.9. The summed E-state index contributed by atoms with van der Waals surface area (Å²) in [6.45, 7) is 0. The molecule has 0 radical (unpaired) electrons. The summed E-state index contributed by atoms with van der Waals surface area (Å²) in [5.74, 6) is -4.06. The van der Waals surface area contributed by atoms with Gasteiger partial charge in [0.2, 0.25) is 5.75 Å². The van der Waals surface area contributed by atoms with Crippen molar-refractivity contribution >= 4 is 23.1 Å². The number of alkyl halides is 3. The number of nitrogens with two attached hydrogens (primary N) is 1. The first-order chi connectivity index (χ1) is 12.3. The number of nitrogens with zero attached hydrogens (tertiary/aromatic N) is 2. The molecule has 2 aromatic rings. The number of halogens is 5. The number of hydrogen-bond acceptors (Lipinski definition) is 4. The number of benzene rings is 2. The third kappa shape index (κ3) is 6.03. The molecule has 26 heavy (non-hydrogen) atoms. The van der Waals surface area contributed by atoms with Gasteiger partial charge in [-0.2, -0.15) is 5.10 Å². The highest BCUT2D eigenvalue weighted by molar-refractivity contribution is 8.13. The SMILES string of the molecule is NC(=NN=Cc1ccc(F)c(OC(F)(F)F)c1F)SCc1ccccc1. The van der Waals surface area contributed by atoms with Crippen molar-refractivity contribution in [1.82, 2.24) is 0 Å². The highest BCUT2D eigenvalue weighted by Gasteiger charge is 2.34. The van der Waals surface area contributed by atoms with E-state index in [-0.39, 0.29) is 5.17 Å². The van der Waals surface area contributed by atoms with Crippen LogP contribution >= 0.6 is 11.8 Å². The average molecular weight is 389 g/mol. The zero-order chi connectivity index (χ0) is 19.2. The molecule has 2 aromatic carbocycles. The lowest BCUT2D eigenvalue weighted by atomic mass is 10.2. The van der Waals surface area contributed by atoms with Gasteiger partial charge in [-0.05, 0) is 17.7 Å². The van der Waals surface area contributed by atoms with Gasteiger partial charge < -0.3 is 10.5 Å². The molecule has 0 aliphatic carbocycles. The minimum Gasteiger partial charge on any atom is -0.399 e. The molecule has 0 amide bonds. The van der Waals surface area contributed by atoms with Crippen LogP contribution in [-0.4, -0.2) is 17.7 Å². The molecule has 0 bridgehead atoms. The van der Waals surface area contributed by atoms with Gasteiger partial charge in [0.15, 0.2) is 16.8 Å². The molecule has 138 valence electrons. The van der Waals surface area contributed by atoms with E-state index in [9.17, 15) is 22.0 Å². The molecule has 0 fully saturated rings. The number of ether oxygens (including phenoxy) is 1. The second-order valence-electron chi connectivity index (χ2n) is 4.78. The third-order valence-corrected chi connectivity index (χ3v) is 3.73. The molecule has 10 heteroatoms. The maximum absolute atomic E-state index is 13.9. The Bertz CT molecular complexity index is 810. The van der Waals surface area contributed by atoms with Gasteiger partial charge in [0.25, 0.3) is 0 Å². The molecule has 0 saturated heterocycles. The standard InChI is InChI=1S/C16H12F5N3OS/c17-12-7-6-11(13(18)14(12)25-16(19,20)21)8-23-24-15(22)26-9-10-4-2-1-3-5-10/h1-8H,9H2,(H2,22,24). The van der Waals surface area contributed by atoms with Crippen molar-refractivity contribution in [2.45, 2.75) is 12.1 Å². The van der Waals surface area contributed by atoms with E-state index in [1.54, 1.807) is 0 Å². The summed E-state index contributed by atoms with van der Waals surface area (Å²) < 4.78 is 67.1. The largest absolute Gasteiger partial charge is 0.573 e. The zero-order valence-corrected chi connectivity index (χ0v) is 13.8. The fourth-order valence-corrected chi connectivity index (χ4v) is 2.38. The van der Waals surface area contributed by atoms with E-state index in [2.05, 4.69) is 14.9 Å². The van der Waals surface area contributed by atoms with Crippen molar-refractivity contribution in [3.63, 3.8) is 0 Å². The van der Waals surface area contributed by atoms with Crippen LogP contribution < -0.4 is 10.5 Å². The molecule has 0 aromatic heterocycles. The Kier molecular flexibility index (Phi) is 6.56. The lowest BCUT2D eigenvalue weighted by molar-refractivity contribution is -0.276. The van der Waals surface area contributed by atoms with Crippen LogP contribution in [0.25, 0.3) is 0 Å². The van der Waals surface area contributed by atoms with Crippen molar-refractivity contribution in [1.29, 1.82) is 0 Å². The number of amidine groups is 1. The molecule has 0 saturated carbocycles. The van der Waals surface area contributed by atoms with Crippen LogP contribution in [0.1, 0.15) is 11.1 Å². The van der Waals surface area contributed by atoms with Crippen LogP contribution in [0.2, 0.25) is 0 Å². The molecule has 0 unspecified atom stereocenters. The molecular formula is C16H12F5N3OS. The molecule has 0 aliphatic heterocycles. The molecule has 0 aliphatic rings. The van der Waals surface area contributed by atoms with Gasteiger partial charge in [-0.25, -0.2) is 8.78 Å². The van der Waals surface area contributed by atoms with Crippen molar-refractivity contribution in [2.75, 3.05) is 0 Å². The minimum atomic E-state index is -5.23. The van der Waals surface area contributed by atoms with Gasteiger partial charge in [0, 0.05) is 11.3 Å². The van der Waals surface area contributed by atoms with Crippen LogP contribution in [0.5, 0.6) is 5.75 Å². The summed E-state index contributed by atoms with van der Waals surface area (Å²) in [6.07, 6.45) is -4.41. The Balaban J connectivity index is 2.06. The van der Waals surface area contributed by atoms with Gasteiger partial charge >= 0.3 is 6.36 Å². The minimum absolute atomic E-state index is 0.0689. The smallest absolute Gasteiger partial charge is 0.399 e. The van der Waals surface area contributed by atoms with Crippen molar-refractivity contribution < 1.29 is 26.7 Å². The van der Waals surface area contributed by atoms with E-state index in [0.29, 0.717) is 11.8 Å². The summed E-state index contributed by atoms with van der Waals surface area (Å²) in [5.41, 5.74) is 6.20. The van der Waals surface area contributed by atoms with Crippen molar-refractivity contribution in [3.05, 3.63) is 65.2 Å². The lowest BCUT2D eigenvalue weighted by Gasteiger charge is -2.11. The Hall–Kier alpha value is -2.62. The van der Waals surface area contributed by atoms with Crippen molar-refractivity contribution in [2.24, 2.45) is 15.9 Å². The predicted molar refractivity (Wildman–Crippen MR) is 90.0 cm³/mol. The summed E-state index contributed by atoms with van der Waals surface area (Å²) in [4.78, 5) is 0. The van der Waals surface area contributed by atoms with Crippen LogP contribution in [0.15, 0.2) is 52.7 Å². The van der Waals surface area contributed by atoms with E-state index in [4.69, 9.17) is 5.73 Å². The fraction of sp³-hybridized carbons (Fsp3) is 0.125. The number of rotatable bonds is 5. The molecule has 2 rings (SSSR count). The average Bonchev–Trinajstić information content (AvgIpc) is 2.59. The second kappa shape index (κ2) is 8.65. The van der Waals surface area contributed by atoms with Gasteiger partial charge in [0.05, 0.1) is 6.21 Å². The summed E-state index contributed by atoms with van der Waals surface area (Å²) in [6, 6.07) is 10.9. The Morgan fingerprint density at radius 3 is 2.46 bits per heavy atom. The molecule has 2 N–H and O–H groups in total. The first-order valence-electron chi connectivity index (χ1n) is 7.03. The van der Waals surface area contributed by atoms with E-state index in [0.717, 1.165) is 17.8 Å². The van der Waals surface area contributed by atoms with E-state index >= 15 is 0 Å². The van der Waals surface area contributed by atoms with E-state index in [1.807, 2.05) is 30.3 Å². The van der Waals surface area contributed by atoms with Crippen LogP contribution in [-0.2, 0) is 5.75 Å². The molecule has 4 nitrogen and oxygen atoms in total. The number of hydrogen-bond donors (Lipinski definition) is 1. The predicted octanol–water partition coefficient (Wildman–Crippen LogP) is 4.45. The monoisotopic (exact) mass is 389 g/mol. The van der Waals surface area contributed by atoms with Gasteiger partial charge in [-0.1, -0.05) is 42.1 Å². The summed E-state index contributed by atoms with van der Waals surface area (Å²) >= 11 is 1.17. The van der Waals surface area contributed by atoms with Gasteiger partial charge in [-0.15, -0.1) is 18.3 Å². The normalized spacial score (nSPS) is 12.6. The Labute approximate surface area is 149 Å². The highest BCUT2D eigenvalue weighted by atomic mass is 32.2. The van der Waals surface area contributed by atoms with Gasteiger partial charge in [0.1, 0.15) is 0 Å². The molecule has 0 atom stereocenters. The summed E-state index contributed by atoms with van der Waals surface area (Å²) in [7, 11) is 0. The lowest BCUT2D eigenvalue weighted by Crippen LogP contribution is -2.19. The van der Waals surface area contributed by atoms with Crippen LogP contribution in [0.3, 0.4) is 0 Å². The Morgan fingerprint density at radius 1 is 1.12 bits per heavy atom. The summed E-state index contributed by atoms with van der Waals surface area (Å²) in [5, 5.41) is 7.17. The molecule has 0 spiro atoms. The van der Waals surface area contributed by atoms with E-state index in [1.165, 1.54) is 11.8 Å². The third-order valence-electron chi connectivity index (χ3n) is 2.88. The quantitative estimate of drug-likeness (QED) is 0.356. The van der Waals surface area contributed by atoms with Crippen LogP contribution in [0.4, 0.5) is 22.0 Å². The first-order valence-corrected chi connectivity index (χ1v) is 8.02. The van der Waals surface area contributed by atoms with Gasteiger partial charge in [-0.3, -0.25) is 0 Å². The van der Waals surface area contributed by atoms with Crippen molar-refractivity contribution in [3.8, 4) is 5.75 Å². The number of thioether (sulfide) groups is 1. The topological polar surface area (TPSA) is 60.0 Å². The first kappa shape index (κ1) is 19.7. The highest BCUT2D eigenvalue weighted by Crippen LogP contribution is 2.29. The van der Waals surface area contributed by atoms with E-state index < -0.39 is 29.3 Å². The maximum Gasteiger partial charge on any atom is 0.573 e. The zero-order valence-electron chi connectivity index (χ0n) is 13.0. The molecular weight excluding hydrogens is 377 g/mol. The van der Waals surface area contributed by atoms with Crippen LogP contribution in [0, 0.1) is 11.6 Å². The molecule has 0 heterocycles. The Morgan fingerprint density at radius 2 is 1.81 bits per heavy atom.